The fraction of sp³-hybridized carbons (Fsp3) is 0.474. The van der Waals surface area contributed by atoms with E-state index in [9.17, 15) is 23.0 Å². The van der Waals surface area contributed by atoms with Crippen LogP contribution in [0.4, 0.5) is 16.2 Å². The minimum atomic E-state index is -4.18. The quantitative estimate of drug-likeness (QED) is 0.401. The highest BCUT2D eigenvalue weighted by Gasteiger charge is 2.42. The Balaban J connectivity index is 1.44. The maximum Gasteiger partial charge on any atom is 0.333 e. The third kappa shape index (κ3) is 4.93. The van der Waals surface area contributed by atoms with Gasteiger partial charge < -0.3 is 20.8 Å². The number of hydrogen-bond acceptors (Lipinski definition) is 9. The fourth-order valence-electron chi connectivity index (χ4n) is 4.19. The molecule has 1 aromatic carbocycles. The van der Waals surface area contributed by atoms with Gasteiger partial charge in [0.2, 0.25) is 5.95 Å². The Morgan fingerprint density at radius 3 is 2.77 bits per heavy atom. The highest BCUT2D eigenvalue weighted by molar-refractivity contribution is 7.84. The van der Waals surface area contributed by atoms with Crippen LogP contribution in [0.2, 0.25) is 0 Å². The molecular weight excluding hydrogens is 429 g/mol. The first-order valence-electron chi connectivity index (χ1n) is 9.88. The van der Waals surface area contributed by atoms with E-state index in [0.29, 0.717) is 0 Å². The summed E-state index contributed by atoms with van der Waals surface area (Å²) in [4.78, 5) is 8.20. The zero-order valence-electron chi connectivity index (χ0n) is 16.5. The summed E-state index contributed by atoms with van der Waals surface area (Å²) < 4.78 is 40.8. The second kappa shape index (κ2) is 8.63. The summed E-state index contributed by atoms with van der Waals surface area (Å²) in [6.45, 7) is -0.393. The fourth-order valence-corrected chi connectivity index (χ4v) is 4.56. The van der Waals surface area contributed by atoms with Crippen molar-refractivity contribution in [2.75, 3.05) is 17.2 Å². The van der Waals surface area contributed by atoms with Gasteiger partial charge in [-0.1, -0.05) is 24.3 Å². The largest absolute Gasteiger partial charge is 0.390 e. The number of aromatic nitrogens is 2. The van der Waals surface area contributed by atoms with Crippen LogP contribution in [-0.4, -0.2) is 53.5 Å². The number of benzene rings is 1. The molecule has 5 atom stereocenters. The third-order valence-corrected chi connectivity index (χ3v) is 6.22. The topological polar surface area (TPSA) is 160 Å². The molecule has 4 rings (SSSR count). The van der Waals surface area contributed by atoms with E-state index in [1.807, 2.05) is 18.2 Å². The minimum absolute atomic E-state index is 0.00754. The third-order valence-electron chi connectivity index (χ3n) is 5.75. The number of anilines is 2. The second-order valence-electron chi connectivity index (χ2n) is 7.83. The number of nitrogens with zero attached hydrogens (tertiary/aromatic N) is 2. The Morgan fingerprint density at radius 2 is 2.00 bits per heavy atom. The van der Waals surface area contributed by atoms with E-state index in [-0.39, 0.29) is 24.2 Å². The molecule has 2 aliphatic rings. The predicted molar refractivity (Wildman–Crippen MR) is 110 cm³/mol. The monoisotopic (exact) mass is 453 g/mol. The van der Waals surface area contributed by atoms with E-state index in [4.69, 9.17) is 5.14 Å². The number of halogens is 1. The van der Waals surface area contributed by atoms with Gasteiger partial charge in [-0.25, -0.2) is 14.5 Å². The van der Waals surface area contributed by atoms with Gasteiger partial charge in [0, 0.05) is 5.92 Å². The van der Waals surface area contributed by atoms with E-state index >= 15 is 0 Å². The van der Waals surface area contributed by atoms with Crippen molar-refractivity contribution in [3.63, 3.8) is 0 Å². The summed E-state index contributed by atoms with van der Waals surface area (Å²) in [6, 6.07) is 7.28. The molecule has 168 valence electrons. The van der Waals surface area contributed by atoms with Crippen molar-refractivity contribution < 1.29 is 27.2 Å². The molecule has 6 N–H and O–H groups in total. The normalized spacial score (nSPS) is 27.8. The number of aliphatic hydroxyl groups excluding tert-OH is 2. The number of fused-ring (bicyclic) bond motifs is 1. The number of aryl methyl sites for hydroxylation is 1. The van der Waals surface area contributed by atoms with Gasteiger partial charge in [0.1, 0.15) is 6.10 Å². The van der Waals surface area contributed by atoms with Crippen LogP contribution in [0.1, 0.15) is 30.0 Å². The summed E-state index contributed by atoms with van der Waals surface area (Å²) in [5.41, 5.74) is 2.40. The van der Waals surface area contributed by atoms with Crippen LogP contribution in [0.15, 0.2) is 30.5 Å². The Hall–Kier alpha value is -2.38. The molecule has 1 aromatic heterocycles. The number of aliphatic hydroxyl groups is 2. The molecule has 31 heavy (non-hydrogen) atoms. The zero-order valence-corrected chi connectivity index (χ0v) is 17.3. The lowest BCUT2D eigenvalue weighted by molar-refractivity contribution is 0.00776. The van der Waals surface area contributed by atoms with Gasteiger partial charge >= 0.3 is 10.3 Å². The molecule has 12 heteroatoms. The first-order chi connectivity index (χ1) is 14.7. The smallest absolute Gasteiger partial charge is 0.333 e. The SMILES string of the molecule is NS(=O)(=O)OC[C@H]1C[C@@H](Nc2nc(N[C@H]3CCc4ccccc43)ncc2F)C(O)[C@@H]1O. The van der Waals surface area contributed by atoms with Crippen LogP contribution in [0.25, 0.3) is 0 Å². The average molecular weight is 453 g/mol. The van der Waals surface area contributed by atoms with Gasteiger partial charge in [-0.2, -0.15) is 13.4 Å². The Morgan fingerprint density at radius 1 is 1.23 bits per heavy atom. The maximum atomic E-state index is 14.3. The zero-order chi connectivity index (χ0) is 22.2. The summed E-state index contributed by atoms with van der Waals surface area (Å²) in [5.74, 6) is -1.33. The van der Waals surface area contributed by atoms with Gasteiger partial charge in [-0.05, 0) is 30.4 Å². The molecule has 2 aliphatic carbocycles. The van der Waals surface area contributed by atoms with Gasteiger partial charge in [-0.15, -0.1) is 0 Å². The highest BCUT2D eigenvalue weighted by atomic mass is 32.2. The van der Waals surface area contributed by atoms with Crippen LogP contribution in [0.5, 0.6) is 0 Å². The molecule has 10 nitrogen and oxygen atoms in total. The maximum absolute atomic E-state index is 14.3. The molecule has 0 radical (unpaired) electrons. The van der Waals surface area contributed by atoms with Crippen LogP contribution in [-0.2, 0) is 20.9 Å². The molecule has 1 unspecified atom stereocenters. The lowest BCUT2D eigenvalue weighted by Crippen LogP contribution is -2.36. The van der Waals surface area contributed by atoms with Crippen molar-refractivity contribution in [1.29, 1.82) is 0 Å². The van der Waals surface area contributed by atoms with Crippen molar-refractivity contribution in [2.24, 2.45) is 11.1 Å². The molecular formula is C19H24FN5O5S. The van der Waals surface area contributed by atoms with Gasteiger partial charge in [0.05, 0.1) is 31.0 Å². The summed E-state index contributed by atoms with van der Waals surface area (Å²) in [7, 11) is -4.18. The molecule has 1 saturated carbocycles. The van der Waals surface area contributed by atoms with E-state index < -0.39 is 46.9 Å². The summed E-state index contributed by atoms with van der Waals surface area (Å²) >= 11 is 0. The van der Waals surface area contributed by atoms with Crippen molar-refractivity contribution in [3.8, 4) is 0 Å². The highest BCUT2D eigenvalue weighted by Crippen LogP contribution is 2.34. The first-order valence-corrected chi connectivity index (χ1v) is 11.3. The lowest BCUT2D eigenvalue weighted by atomic mass is 10.1. The van der Waals surface area contributed by atoms with Gasteiger partial charge in [0.15, 0.2) is 11.6 Å². The van der Waals surface area contributed by atoms with Crippen LogP contribution < -0.4 is 15.8 Å². The van der Waals surface area contributed by atoms with E-state index in [2.05, 4.69) is 30.9 Å². The molecule has 1 heterocycles. The number of rotatable bonds is 7. The minimum Gasteiger partial charge on any atom is -0.390 e. The number of nitrogens with two attached hydrogens (primary N) is 1. The number of nitrogens with one attached hydrogen (secondary N) is 2. The van der Waals surface area contributed by atoms with Crippen LogP contribution >= 0.6 is 0 Å². The lowest BCUT2D eigenvalue weighted by Gasteiger charge is -2.20. The molecule has 2 aromatic rings. The molecule has 1 fully saturated rings. The average Bonchev–Trinajstić information content (AvgIpc) is 3.25. The Labute approximate surface area is 178 Å². The van der Waals surface area contributed by atoms with E-state index in [0.717, 1.165) is 24.6 Å². The summed E-state index contributed by atoms with van der Waals surface area (Å²) in [6.07, 6.45) is 0.396. The van der Waals surface area contributed by atoms with Crippen LogP contribution in [0, 0.1) is 11.7 Å². The van der Waals surface area contributed by atoms with Crippen molar-refractivity contribution in [1.82, 2.24) is 9.97 Å². The molecule has 0 saturated heterocycles. The van der Waals surface area contributed by atoms with E-state index in [1.165, 1.54) is 5.56 Å². The van der Waals surface area contributed by atoms with Gasteiger partial charge in [-0.3, -0.25) is 4.18 Å². The molecule has 0 amide bonds. The van der Waals surface area contributed by atoms with Crippen molar-refractivity contribution in [2.45, 2.75) is 43.6 Å². The molecule has 0 aliphatic heterocycles. The number of hydrogen-bond donors (Lipinski definition) is 5. The molecule has 0 bridgehead atoms. The van der Waals surface area contributed by atoms with E-state index in [1.54, 1.807) is 0 Å². The Kier molecular flexibility index (Phi) is 6.08. The van der Waals surface area contributed by atoms with Gasteiger partial charge in [0.25, 0.3) is 0 Å². The van der Waals surface area contributed by atoms with Crippen LogP contribution in [0.3, 0.4) is 0 Å². The van der Waals surface area contributed by atoms with Crippen molar-refractivity contribution >= 4 is 22.1 Å². The Bertz CT molecular complexity index is 1060. The standard InChI is InChI=1S/C19H24FN5O5S/c20-13-8-22-19(24-14-6-5-10-3-1-2-4-12(10)14)25-18(13)23-15-7-11(16(26)17(15)27)9-30-31(21,28)29/h1-4,8,11,14-17,26-27H,5-7,9H2,(H2,21,28,29)(H2,22,23,24,25)/t11-,14+,15-,16-,17?/m1/s1. The summed E-state index contributed by atoms with van der Waals surface area (Å²) in [5, 5.41) is 31.3. The van der Waals surface area contributed by atoms with Crippen molar-refractivity contribution in [3.05, 3.63) is 47.4 Å². The predicted octanol–water partition coefficient (Wildman–Crippen LogP) is 0.457. The second-order valence-corrected chi connectivity index (χ2v) is 9.05. The first kappa shape index (κ1) is 21.8. The molecule has 0 spiro atoms.